The molecule has 1 saturated heterocycles. The maximum absolute atomic E-state index is 14.4. The highest BCUT2D eigenvalue weighted by molar-refractivity contribution is 5.98. The van der Waals surface area contributed by atoms with E-state index < -0.39 is 41.2 Å². The van der Waals surface area contributed by atoms with Crippen molar-refractivity contribution in [2.75, 3.05) is 13.1 Å². The number of carbonyl (C=O) groups is 3. The molecule has 214 valence electrons. The molecule has 4 aromatic rings. The normalized spacial score (nSPS) is 15.3. The number of pyridine rings is 1. The molecule has 5 rings (SSSR count). The van der Waals surface area contributed by atoms with Crippen LogP contribution in [0.15, 0.2) is 85.1 Å². The van der Waals surface area contributed by atoms with E-state index in [0.29, 0.717) is 41.8 Å². The standard InChI is InChI=1S/C32H27F3N4O3/c33-22-14-21(15-23(34)17-22)26(29-24(8-4-12-37-29)20-10-11-27(35)25(16-20)30(36)40)18-38-31(41)28-9-5-13-39(28)32(42)19-6-2-1-3-7-19/h1-4,6-8,10-12,14-17,26,28H,5,9,13,18H2,(H2,36,40)(H,38,41)/t26-,28?/m0/s1. The van der Waals surface area contributed by atoms with Gasteiger partial charge >= 0.3 is 0 Å². The number of nitrogens with one attached hydrogen (secondary N) is 1. The van der Waals surface area contributed by atoms with E-state index in [-0.39, 0.29) is 23.6 Å². The fraction of sp³-hybridized carbons (Fsp3) is 0.188. The van der Waals surface area contributed by atoms with Gasteiger partial charge in [0.2, 0.25) is 5.91 Å². The molecule has 7 nitrogen and oxygen atoms in total. The number of carbonyl (C=O) groups excluding carboxylic acids is 3. The molecule has 1 unspecified atom stereocenters. The van der Waals surface area contributed by atoms with Crippen LogP contribution in [0.25, 0.3) is 11.1 Å². The largest absolute Gasteiger partial charge is 0.366 e. The smallest absolute Gasteiger partial charge is 0.254 e. The van der Waals surface area contributed by atoms with Crippen molar-refractivity contribution in [3.05, 3.63) is 125 Å². The number of aromatic nitrogens is 1. The highest BCUT2D eigenvalue weighted by Gasteiger charge is 2.35. The van der Waals surface area contributed by atoms with E-state index in [1.165, 1.54) is 23.2 Å². The van der Waals surface area contributed by atoms with Crippen LogP contribution in [0, 0.1) is 17.5 Å². The van der Waals surface area contributed by atoms with Crippen LogP contribution in [0.2, 0.25) is 0 Å². The maximum atomic E-state index is 14.4. The zero-order valence-corrected chi connectivity index (χ0v) is 22.4. The number of hydrogen-bond acceptors (Lipinski definition) is 4. The Morgan fingerprint density at radius 3 is 2.40 bits per heavy atom. The fourth-order valence-corrected chi connectivity index (χ4v) is 5.32. The van der Waals surface area contributed by atoms with E-state index in [4.69, 9.17) is 5.73 Å². The Hall–Kier alpha value is -4.99. The van der Waals surface area contributed by atoms with Crippen molar-refractivity contribution in [2.24, 2.45) is 5.73 Å². The van der Waals surface area contributed by atoms with Crippen LogP contribution < -0.4 is 11.1 Å². The first-order valence-electron chi connectivity index (χ1n) is 13.4. The van der Waals surface area contributed by atoms with Crippen LogP contribution >= 0.6 is 0 Å². The molecule has 1 aromatic heterocycles. The van der Waals surface area contributed by atoms with Crippen LogP contribution in [0.4, 0.5) is 13.2 Å². The number of nitrogens with two attached hydrogens (primary N) is 1. The molecule has 10 heteroatoms. The molecule has 1 aliphatic heterocycles. The van der Waals surface area contributed by atoms with Crippen molar-refractivity contribution in [3.63, 3.8) is 0 Å². The van der Waals surface area contributed by atoms with Crippen LogP contribution in [-0.4, -0.2) is 46.7 Å². The maximum Gasteiger partial charge on any atom is 0.254 e. The summed E-state index contributed by atoms with van der Waals surface area (Å²) in [5.74, 6) is -4.89. The number of hydrogen-bond donors (Lipinski definition) is 2. The second-order valence-electron chi connectivity index (χ2n) is 10.0. The van der Waals surface area contributed by atoms with Gasteiger partial charge in [0.25, 0.3) is 11.8 Å². The molecule has 1 aliphatic rings. The average Bonchev–Trinajstić information content (AvgIpc) is 3.47. The average molecular weight is 573 g/mol. The van der Waals surface area contributed by atoms with Crippen molar-refractivity contribution >= 4 is 17.7 Å². The van der Waals surface area contributed by atoms with Crippen molar-refractivity contribution in [2.45, 2.75) is 24.8 Å². The molecule has 0 bridgehead atoms. The van der Waals surface area contributed by atoms with Gasteiger partial charge in [-0.25, -0.2) is 13.2 Å². The SMILES string of the molecule is NC(=O)c1cc(-c2cccnc2[C@@H](CNC(=O)C2CCCN2C(=O)c2ccccc2)c2cc(F)cc(F)c2)ccc1F. The Kier molecular flexibility index (Phi) is 8.33. The second kappa shape index (κ2) is 12.3. The summed E-state index contributed by atoms with van der Waals surface area (Å²) in [5.41, 5.74) is 6.86. The first kappa shape index (κ1) is 28.5. The van der Waals surface area contributed by atoms with Gasteiger partial charge in [-0.2, -0.15) is 0 Å². The minimum atomic E-state index is -0.957. The van der Waals surface area contributed by atoms with Gasteiger partial charge in [-0.15, -0.1) is 0 Å². The van der Waals surface area contributed by atoms with Gasteiger partial charge in [-0.3, -0.25) is 19.4 Å². The zero-order valence-electron chi connectivity index (χ0n) is 22.4. The predicted molar refractivity (Wildman–Crippen MR) is 150 cm³/mol. The number of halogens is 3. The number of likely N-dealkylation sites (tertiary alicyclic amines) is 1. The van der Waals surface area contributed by atoms with Gasteiger partial charge in [0.1, 0.15) is 23.5 Å². The Morgan fingerprint density at radius 1 is 0.952 bits per heavy atom. The molecular formula is C32H27F3N4O3. The van der Waals surface area contributed by atoms with E-state index in [1.54, 1.807) is 42.5 Å². The lowest BCUT2D eigenvalue weighted by Crippen LogP contribution is -2.46. The molecule has 2 atom stereocenters. The number of rotatable bonds is 8. The molecule has 0 spiro atoms. The summed E-state index contributed by atoms with van der Waals surface area (Å²) in [7, 11) is 0. The number of amides is 3. The van der Waals surface area contributed by atoms with E-state index >= 15 is 0 Å². The van der Waals surface area contributed by atoms with Crippen LogP contribution in [0.1, 0.15) is 50.7 Å². The summed E-state index contributed by atoms with van der Waals surface area (Å²) in [6.07, 6.45) is 2.59. The zero-order chi connectivity index (χ0) is 29.8. The number of benzene rings is 3. The quantitative estimate of drug-likeness (QED) is 0.316. The molecule has 42 heavy (non-hydrogen) atoms. The van der Waals surface area contributed by atoms with Crippen LogP contribution in [0.5, 0.6) is 0 Å². The van der Waals surface area contributed by atoms with E-state index in [1.807, 2.05) is 0 Å². The minimum absolute atomic E-state index is 0.112. The van der Waals surface area contributed by atoms with Gasteiger partial charge in [0.15, 0.2) is 0 Å². The summed E-state index contributed by atoms with van der Waals surface area (Å²) >= 11 is 0. The Bertz CT molecular complexity index is 1630. The molecule has 2 heterocycles. The lowest BCUT2D eigenvalue weighted by Gasteiger charge is -2.26. The van der Waals surface area contributed by atoms with E-state index in [9.17, 15) is 27.6 Å². The minimum Gasteiger partial charge on any atom is -0.366 e. The summed E-state index contributed by atoms with van der Waals surface area (Å²) in [6, 6.07) is 18.1. The molecule has 1 fully saturated rings. The predicted octanol–water partition coefficient (Wildman–Crippen LogP) is 4.82. The number of nitrogens with zero attached hydrogens (tertiary/aromatic N) is 2. The molecule has 3 N–H and O–H groups in total. The summed E-state index contributed by atoms with van der Waals surface area (Å²) in [4.78, 5) is 44.3. The van der Waals surface area contributed by atoms with Crippen molar-refractivity contribution in [3.8, 4) is 11.1 Å². The highest BCUT2D eigenvalue weighted by atomic mass is 19.1. The summed E-state index contributed by atoms with van der Waals surface area (Å²) < 4.78 is 43.0. The first-order chi connectivity index (χ1) is 20.2. The monoisotopic (exact) mass is 572 g/mol. The molecule has 0 radical (unpaired) electrons. The Labute approximate surface area is 240 Å². The van der Waals surface area contributed by atoms with Crippen molar-refractivity contribution in [1.82, 2.24) is 15.2 Å². The topological polar surface area (TPSA) is 105 Å². The lowest BCUT2D eigenvalue weighted by atomic mass is 9.89. The Balaban J connectivity index is 1.48. The van der Waals surface area contributed by atoms with Gasteiger partial charge in [0, 0.05) is 42.4 Å². The third-order valence-electron chi connectivity index (χ3n) is 7.32. The second-order valence-corrected chi connectivity index (χ2v) is 10.0. The van der Waals surface area contributed by atoms with E-state index in [0.717, 1.165) is 24.3 Å². The third kappa shape index (κ3) is 6.02. The number of primary amides is 1. The molecule has 0 saturated carbocycles. The Morgan fingerprint density at radius 2 is 1.69 bits per heavy atom. The molecular weight excluding hydrogens is 545 g/mol. The third-order valence-corrected chi connectivity index (χ3v) is 7.32. The molecule has 3 amide bonds. The van der Waals surface area contributed by atoms with Gasteiger partial charge in [0.05, 0.1) is 11.3 Å². The summed E-state index contributed by atoms with van der Waals surface area (Å²) in [5, 5.41) is 2.86. The molecule has 3 aromatic carbocycles. The van der Waals surface area contributed by atoms with Crippen molar-refractivity contribution in [1.29, 1.82) is 0 Å². The van der Waals surface area contributed by atoms with Crippen molar-refractivity contribution < 1.29 is 27.6 Å². The molecule has 0 aliphatic carbocycles. The summed E-state index contributed by atoms with van der Waals surface area (Å²) in [6.45, 7) is 0.307. The van der Waals surface area contributed by atoms with E-state index in [2.05, 4.69) is 10.3 Å². The van der Waals surface area contributed by atoms with Crippen LogP contribution in [0.3, 0.4) is 0 Å². The first-order valence-corrected chi connectivity index (χ1v) is 13.4. The lowest BCUT2D eigenvalue weighted by molar-refractivity contribution is -0.124. The van der Waals surface area contributed by atoms with Crippen LogP contribution in [-0.2, 0) is 4.79 Å². The highest BCUT2D eigenvalue weighted by Crippen LogP contribution is 2.33. The fourth-order valence-electron chi connectivity index (χ4n) is 5.32. The van der Waals surface area contributed by atoms with Gasteiger partial charge in [-0.1, -0.05) is 30.3 Å². The van der Waals surface area contributed by atoms with Gasteiger partial charge in [-0.05, 0) is 66.4 Å². The van der Waals surface area contributed by atoms with Gasteiger partial charge < -0.3 is 16.0 Å².